The van der Waals surface area contributed by atoms with E-state index in [1.54, 1.807) is 18.2 Å². The Morgan fingerprint density at radius 1 is 1.14 bits per heavy atom. The Bertz CT molecular complexity index is 1880. The number of rotatable bonds is 4. The van der Waals surface area contributed by atoms with E-state index in [-0.39, 0.29) is 11.5 Å². The van der Waals surface area contributed by atoms with Crippen LogP contribution in [0.15, 0.2) is 58.5 Å². The van der Waals surface area contributed by atoms with Gasteiger partial charge in [-0.3, -0.25) is 9.78 Å². The predicted octanol–water partition coefficient (Wildman–Crippen LogP) is 5.37. The molecule has 0 bridgehead atoms. The van der Waals surface area contributed by atoms with Gasteiger partial charge in [0.1, 0.15) is 10.5 Å². The van der Waals surface area contributed by atoms with Gasteiger partial charge in [0, 0.05) is 40.3 Å². The van der Waals surface area contributed by atoms with Gasteiger partial charge in [0.2, 0.25) is 0 Å². The molecule has 0 unspecified atom stereocenters. The number of H-pyrrole nitrogens is 1. The lowest BCUT2D eigenvalue weighted by Gasteiger charge is -2.19. The van der Waals surface area contributed by atoms with Crippen LogP contribution in [0.5, 0.6) is 0 Å². The fraction of sp³-hybridized carbons (Fsp3) is 0.192. The van der Waals surface area contributed by atoms with Gasteiger partial charge in [-0.15, -0.1) is 3.89 Å². The Hall–Kier alpha value is -4.03. The molecule has 0 aliphatic rings. The van der Waals surface area contributed by atoms with Crippen molar-refractivity contribution < 1.29 is 12.3 Å². The van der Waals surface area contributed by atoms with Crippen molar-refractivity contribution in [3.8, 4) is 17.2 Å². The molecular weight excluding hydrogens is 467 g/mol. The Morgan fingerprint density at radius 3 is 2.57 bits per heavy atom. The van der Waals surface area contributed by atoms with E-state index in [0.29, 0.717) is 50.6 Å². The monoisotopic (exact) mass is 488 g/mol. The summed E-state index contributed by atoms with van der Waals surface area (Å²) in [6, 6.07) is 12.2. The van der Waals surface area contributed by atoms with E-state index in [1.165, 1.54) is 12.3 Å². The Balaban J connectivity index is 1.93. The van der Waals surface area contributed by atoms with Crippen molar-refractivity contribution >= 4 is 43.1 Å². The number of aromatic nitrogens is 3. The van der Waals surface area contributed by atoms with E-state index in [1.807, 2.05) is 37.5 Å². The number of nitrogens with zero attached hydrogens (tertiary/aromatic N) is 3. The summed E-state index contributed by atoms with van der Waals surface area (Å²) in [5.41, 5.74) is 4.27. The predicted molar refractivity (Wildman–Crippen MR) is 134 cm³/mol. The quantitative estimate of drug-likeness (QED) is 0.342. The van der Waals surface area contributed by atoms with Crippen molar-refractivity contribution in [1.82, 2.24) is 14.5 Å². The lowest BCUT2D eigenvalue weighted by atomic mass is 9.95. The molecule has 0 atom stereocenters. The van der Waals surface area contributed by atoms with Gasteiger partial charge in [-0.05, 0) is 61.7 Å². The van der Waals surface area contributed by atoms with Crippen LogP contribution in [-0.2, 0) is 16.6 Å². The van der Waals surface area contributed by atoms with E-state index >= 15 is 0 Å². The van der Waals surface area contributed by atoms with E-state index in [2.05, 4.69) is 16.0 Å². The molecule has 5 aromatic rings. The third kappa shape index (κ3) is 3.58. The molecule has 35 heavy (non-hydrogen) atoms. The molecule has 0 spiro atoms. The zero-order chi connectivity index (χ0) is 25.1. The minimum atomic E-state index is -4.92. The standard InChI is InChI=1S/C26H21FN4O3S/c1-4-16-9-21-23(10-20(16)17-8-18(13-29-12-17)35(27,33)34)31(14(2)3)26-24(25(21)32)19-6-5-15(11-28)7-22(19)30-26/h5-10,12-14,30H,4H2,1-3H3. The molecule has 0 fully saturated rings. The van der Waals surface area contributed by atoms with Crippen LogP contribution >= 0.6 is 0 Å². The third-order valence-electron chi connectivity index (χ3n) is 6.30. The van der Waals surface area contributed by atoms with Crippen LogP contribution in [0.4, 0.5) is 3.89 Å². The molecule has 0 aliphatic carbocycles. The first-order valence-corrected chi connectivity index (χ1v) is 12.5. The average Bonchev–Trinajstić information content (AvgIpc) is 3.21. The van der Waals surface area contributed by atoms with Crippen molar-refractivity contribution in [1.29, 1.82) is 5.26 Å². The summed E-state index contributed by atoms with van der Waals surface area (Å²) in [5.74, 6) is 0. The number of fused-ring (bicyclic) bond motifs is 4. The second kappa shape index (κ2) is 8.03. The van der Waals surface area contributed by atoms with Crippen LogP contribution in [0, 0.1) is 11.3 Å². The minimum absolute atomic E-state index is 0.0416. The van der Waals surface area contributed by atoms with Gasteiger partial charge < -0.3 is 9.55 Å². The van der Waals surface area contributed by atoms with Crippen LogP contribution in [0.3, 0.4) is 0 Å². The maximum absolute atomic E-state index is 13.8. The number of halogens is 1. The van der Waals surface area contributed by atoms with E-state index in [0.717, 1.165) is 17.1 Å². The summed E-state index contributed by atoms with van der Waals surface area (Å²) in [6.45, 7) is 5.93. The van der Waals surface area contributed by atoms with Gasteiger partial charge in [-0.2, -0.15) is 13.7 Å². The molecule has 5 rings (SSSR count). The fourth-order valence-corrected chi connectivity index (χ4v) is 5.18. The molecule has 0 amide bonds. The zero-order valence-corrected chi connectivity index (χ0v) is 20.1. The number of hydrogen-bond acceptors (Lipinski definition) is 5. The normalized spacial score (nSPS) is 12.1. The molecule has 7 nitrogen and oxygen atoms in total. The molecule has 0 radical (unpaired) electrons. The van der Waals surface area contributed by atoms with Crippen LogP contribution in [0.2, 0.25) is 0 Å². The first-order chi connectivity index (χ1) is 16.6. The molecule has 1 N–H and O–H groups in total. The molecule has 3 aromatic heterocycles. The van der Waals surface area contributed by atoms with Crippen molar-refractivity contribution in [2.75, 3.05) is 0 Å². The van der Waals surface area contributed by atoms with Gasteiger partial charge >= 0.3 is 10.2 Å². The lowest BCUT2D eigenvalue weighted by molar-refractivity contribution is 0.551. The van der Waals surface area contributed by atoms with Crippen LogP contribution < -0.4 is 5.43 Å². The van der Waals surface area contributed by atoms with Gasteiger partial charge in [-0.1, -0.05) is 13.0 Å². The molecular formula is C26H21FN4O3S. The smallest absolute Gasteiger partial charge is 0.333 e. The zero-order valence-electron chi connectivity index (χ0n) is 19.3. The largest absolute Gasteiger partial charge is 0.340 e. The van der Waals surface area contributed by atoms with E-state index < -0.39 is 15.1 Å². The highest BCUT2D eigenvalue weighted by atomic mass is 32.3. The van der Waals surface area contributed by atoms with Crippen molar-refractivity contribution in [2.24, 2.45) is 0 Å². The second-order valence-corrected chi connectivity index (χ2v) is 10.1. The van der Waals surface area contributed by atoms with Gasteiger partial charge in [0.15, 0.2) is 5.43 Å². The third-order valence-corrected chi connectivity index (χ3v) is 7.09. The lowest BCUT2D eigenvalue weighted by Crippen LogP contribution is -2.13. The number of nitriles is 1. The molecule has 9 heteroatoms. The van der Waals surface area contributed by atoms with E-state index in [9.17, 15) is 22.4 Å². The van der Waals surface area contributed by atoms with Crippen LogP contribution in [0.25, 0.3) is 44.0 Å². The highest BCUT2D eigenvalue weighted by molar-refractivity contribution is 7.86. The van der Waals surface area contributed by atoms with Gasteiger partial charge in [0.05, 0.1) is 22.5 Å². The fourth-order valence-electron chi connectivity index (χ4n) is 4.73. The molecule has 176 valence electrons. The van der Waals surface area contributed by atoms with Gasteiger partial charge in [0.25, 0.3) is 0 Å². The Kier molecular flexibility index (Phi) is 5.22. The molecule has 0 aliphatic heterocycles. The first kappa shape index (κ1) is 22.7. The van der Waals surface area contributed by atoms with Crippen molar-refractivity contribution in [3.63, 3.8) is 0 Å². The second-order valence-electron chi connectivity index (χ2n) is 8.74. The van der Waals surface area contributed by atoms with Crippen molar-refractivity contribution in [3.05, 3.63) is 70.1 Å². The summed E-state index contributed by atoms with van der Waals surface area (Å²) in [7, 11) is -4.92. The maximum Gasteiger partial charge on any atom is 0.333 e. The topological polar surface area (TPSA) is 109 Å². The average molecular weight is 489 g/mol. The summed E-state index contributed by atoms with van der Waals surface area (Å²) >= 11 is 0. The summed E-state index contributed by atoms with van der Waals surface area (Å²) < 4.78 is 38.6. The summed E-state index contributed by atoms with van der Waals surface area (Å²) in [6.07, 6.45) is 3.02. The Morgan fingerprint density at radius 2 is 1.91 bits per heavy atom. The maximum atomic E-state index is 13.8. The molecule has 2 aromatic carbocycles. The highest BCUT2D eigenvalue weighted by Crippen LogP contribution is 2.34. The highest BCUT2D eigenvalue weighted by Gasteiger charge is 2.21. The number of pyridine rings is 2. The van der Waals surface area contributed by atoms with Crippen LogP contribution in [-0.4, -0.2) is 23.0 Å². The number of hydrogen-bond donors (Lipinski definition) is 1. The number of nitrogens with one attached hydrogen (secondary N) is 1. The summed E-state index contributed by atoms with van der Waals surface area (Å²) in [4.78, 5) is 20.5. The first-order valence-electron chi connectivity index (χ1n) is 11.1. The van der Waals surface area contributed by atoms with Crippen molar-refractivity contribution in [2.45, 2.75) is 38.1 Å². The number of benzene rings is 2. The molecule has 3 heterocycles. The Labute approximate surface area is 200 Å². The summed E-state index contributed by atoms with van der Waals surface area (Å²) in [5, 5.41) is 11.1. The minimum Gasteiger partial charge on any atom is -0.340 e. The van der Waals surface area contributed by atoms with Crippen LogP contribution in [0.1, 0.15) is 37.9 Å². The van der Waals surface area contributed by atoms with Gasteiger partial charge in [-0.25, -0.2) is 0 Å². The SMILES string of the molecule is CCc1cc2c(=O)c3c4ccc(C#N)cc4[nH]c3n(C(C)C)c2cc1-c1cncc(S(=O)(=O)F)c1. The van der Waals surface area contributed by atoms with E-state index in [4.69, 9.17) is 0 Å². The molecule has 0 saturated heterocycles. The molecule has 0 saturated carbocycles. The number of aromatic amines is 1. The number of aryl methyl sites for hydroxylation is 1.